The highest BCUT2D eigenvalue weighted by molar-refractivity contribution is 5.93. The summed E-state index contributed by atoms with van der Waals surface area (Å²) in [4.78, 5) is 58.8. The van der Waals surface area contributed by atoms with Crippen molar-refractivity contribution in [2.45, 2.75) is 65.6 Å². The molecular formula is C18H24O10. The Morgan fingerprint density at radius 3 is 1.93 bits per heavy atom. The minimum absolute atomic E-state index is 0.00433. The van der Waals surface area contributed by atoms with Crippen LogP contribution in [0.25, 0.3) is 0 Å². The number of esters is 5. The van der Waals surface area contributed by atoms with Crippen LogP contribution in [0.4, 0.5) is 0 Å². The zero-order valence-corrected chi connectivity index (χ0v) is 16.3. The van der Waals surface area contributed by atoms with Crippen molar-refractivity contribution < 1.29 is 47.7 Å². The lowest BCUT2D eigenvalue weighted by atomic mass is 10.1. The zero-order valence-electron chi connectivity index (χ0n) is 16.3. The number of carbonyl (C=O) groups is 5. The average molecular weight is 400 g/mol. The summed E-state index contributed by atoms with van der Waals surface area (Å²) < 4.78 is 25.3. The van der Waals surface area contributed by atoms with Crippen LogP contribution in [0.15, 0.2) is 11.5 Å². The van der Waals surface area contributed by atoms with E-state index in [0.29, 0.717) is 0 Å². The highest BCUT2D eigenvalue weighted by atomic mass is 16.7. The maximum Gasteiger partial charge on any atom is 0.379 e. The summed E-state index contributed by atoms with van der Waals surface area (Å²) >= 11 is 0. The van der Waals surface area contributed by atoms with Crippen molar-refractivity contribution in [2.24, 2.45) is 0 Å². The van der Waals surface area contributed by atoms with Crippen LogP contribution in [0.2, 0.25) is 0 Å². The molecule has 1 rings (SSSR count). The van der Waals surface area contributed by atoms with E-state index in [-0.39, 0.29) is 25.7 Å². The number of ether oxygens (including phenoxy) is 5. The van der Waals surface area contributed by atoms with Gasteiger partial charge in [-0.2, -0.15) is 0 Å². The molecule has 0 aromatic heterocycles. The molecule has 2 atom stereocenters. The van der Waals surface area contributed by atoms with Gasteiger partial charge in [-0.1, -0.05) is 27.7 Å². The molecule has 0 saturated carbocycles. The molecule has 156 valence electrons. The molecule has 0 amide bonds. The third-order valence-corrected chi connectivity index (χ3v) is 3.53. The smallest absolute Gasteiger partial charge is 0.379 e. The summed E-state index contributed by atoms with van der Waals surface area (Å²) in [6.45, 7) is 5.69. The third-order valence-electron chi connectivity index (χ3n) is 3.53. The minimum atomic E-state index is -1.41. The van der Waals surface area contributed by atoms with Crippen molar-refractivity contribution in [3.8, 4) is 0 Å². The average Bonchev–Trinajstić information content (AvgIpc) is 2.99. The lowest BCUT2D eigenvalue weighted by Crippen LogP contribution is -2.38. The molecule has 0 aromatic carbocycles. The van der Waals surface area contributed by atoms with Crippen molar-refractivity contribution >= 4 is 29.8 Å². The molecular weight excluding hydrogens is 376 g/mol. The van der Waals surface area contributed by atoms with Crippen LogP contribution in [0.5, 0.6) is 0 Å². The van der Waals surface area contributed by atoms with Gasteiger partial charge in [-0.05, 0) is 0 Å². The molecule has 0 spiro atoms. The third kappa shape index (κ3) is 6.36. The predicted octanol–water partition coefficient (Wildman–Crippen LogP) is 1.30. The van der Waals surface area contributed by atoms with Crippen LogP contribution in [-0.4, -0.2) is 48.7 Å². The highest BCUT2D eigenvalue weighted by Crippen LogP contribution is 2.29. The van der Waals surface area contributed by atoms with E-state index in [1.165, 1.54) is 13.8 Å². The summed E-state index contributed by atoms with van der Waals surface area (Å²) in [6.07, 6.45) is -2.70. The van der Waals surface area contributed by atoms with Gasteiger partial charge in [-0.15, -0.1) is 0 Å². The second-order valence-corrected chi connectivity index (χ2v) is 5.59. The van der Waals surface area contributed by atoms with Gasteiger partial charge in [0.05, 0.1) is 0 Å². The van der Waals surface area contributed by atoms with Gasteiger partial charge >= 0.3 is 29.8 Å². The number of hydrogen-bond donors (Lipinski definition) is 0. The second kappa shape index (κ2) is 11.1. The molecule has 28 heavy (non-hydrogen) atoms. The minimum Gasteiger partial charge on any atom is -0.462 e. The topological polar surface area (TPSA) is 132 Å². The number of rotatable bonds is 10. The first kappa shape index (κ1) is 23.1. The molecule has 1 aliphatic rings. The van der Waals surface area contributed by atoms with Gasteiger partial charge in [-0.3, -0.25) is 19.2 Å². The van der Waals surface area contributed by atoms with E-state index in [2.05, 4.69) is 0 Å². The Bertz CT molecular complexity index is 663. The maximum atomic E-state index is 12.2. The molecule has 0 fully saturated rings. The Labute approximate surface area is 162 Å². The first-order valence-electron chi connectivity index (χ1n) is 8.98. The quantitative estimate of drug-likeness (QED) is 0.390. The van der Waals surface area contributed by atoms with Gasteiger partial charge in [0, 0.05) is 25.7 Å². The van der Waals surface area contributed by atoms with Crippen LogP contribution < -0.4 is 0 Å². The van der Waals surface area contributed by atoms with E-state index >= 15 is 0 Å². The standard InChI is InChI=1S/C18H24O10/c1-5-11(19)24-9-10(25-12(20)6-2)15-16(26-13(21)7-3)17(18(23)28-15)27-14(22)8-4/h10,15H,5-9H2,1-4H3/t10-,15+/m0/s1. The largest absolute Gasteiger partial charge is 0.462 e. The van der Waals surface area contributed by atoms with Crippen molar-refractivity contribution in [3.05, 3.63) is 11.5 Å². The van der Waals surface area contributed by atoms with E-state index in [4.69, 9.17) is 23.7 Å². The Morgan fingerprint density at radius 1 is 0.857 bits per heavy atom. The lowest BCUT2D eigenvalue weighted by molar-refractivity contribution is -0.172. The highest BCUT2D eigenvalue weighted by Gasteiger charge is 2.46. The fraction of sp³-hybridized carbons (Fsp3) is 0.611. The van der Waals surface area contributed by atoms with E-state index in [0.717, 1.165) is 0 Å². The molecule has 1 aliphatic heterocycles. The van der Waals surface area contributed by atoms with Gasteiger partial charge < -0.3 is 23.7 Å². The van der Waals surface area contributed by atoms with Gasteiger partial charge in [0.25, 0.3) is 5.76 Å². The Balaban J connectivity index is 3.23. The van der Waals surface area contributed by atoms with E-state index in [1.54, 1.807) is 13.8 Å². The monoisotopic (exact) mass is 400 g/mol. The van der Waals surface area contributed by atoms with Crippen molar-refractivity contribution in [3.63, 3.8) is 0 Å². The molecule has 1 heterocycles. The first-order chi connectivity index (χ1) is 13.3. The second-order valence-electron chi connectivity index (χ2n) is 5.59. The van der Waals surface area contributed by atoms with E-state index < -0.39 is 60.2 Å². The lowest BCUT2D eigenvalue weighted by Gasteiger charge is -2.23. The molecule has 0 aromatic rings. The Morgan fingerprint density at radius 2 is 1.39 bits per heavy atom. The summed E-state index contributed by atoms with van der Waals surface area (Å²) in [6, 6.07) is 0. The van der Waals surface area contributed by atoms with Crippen LogP contribution in [0.3, 0.4) is 0 Å². The Hall–Kier alpha value is -2.91. The van der Waals surface area contributed by atoms with Gasteiger partial charge in [0.2, 0.25) is 11.9 Å². The number of hydrogen-bond acceptors (Lipinski definition) is 10. The molecule has 10 heteroatoms. The zero-order chi connectivity index (χ0) is 21.3. The normalized spacial score (nSPS) is 16.9. The fourth-order valence-electron chi connectivity index (χ4n) is 1.99. The summed E-state index contributed by atoms with van der Waals surface area (Å²) in [5, 5.41) is 0. The molecule has 0 aliphatic carbocycles. The fourth-order valence-corrected chi connectivity index (χ4v) is 1.99. The molecule has 0 radical (unpaired) electrons. The van der Waals surface area contributed by atoms with Crippen LogP contribution in [0.1, 0.15) is 53.4 Å². The summed E-state index contributed by atoms with van der Waals surface area (Å²) in [7, 11) is 0. The van der Waals surface area contributed by atoms with Crippen molar-refractivity contribution in [1.82, 2.24) is 0 Å². The summed E-state index contributed by atoms with van der Waals surface area (Å²) in [5.74, 6) is -4.78. The molecule has 0 unspecified atom stereocenters. The molecule has 10 nitrogen and oxygen atoms in total. The molecule has 0 N–H and O–H groups in total. The van der Waals surface area contributed by atoms with Gasteiger partial charge in [0.15, 0.2) is 6.10 Å². The predicted molar refractivity (Wildman–Crippen MR) is 91.1 cm³/mol. The molecule has 0 bridgehead atoms. The number of carbonyl (C=O) groups excluding carboxylic acids is 5. The van der Waals surface area contributed by atoms with Crippen molar-refractivity contribution in [2.75, 3.05) is 6.61 Å². The summed E-state index contributed by atoms with van der Waals surface area (Å²) in [5.41, 5.74) is 0. The van der Waals surface area contributed by atoms with Gasteiger partial charge in [0.1, 0.15) is 6.61 Å². The SMILES string of the molecule is CCC(=O)OC[C@H](OC(=O)CC)[C@H]1OC(=O)C(OC(=O)CC)=C1OC(=O)CC. The Kier molecular flexibility index (Phi) is 9.13. The first-order valence-corrected chi connectivity index (χ1v) is 8.98. The van der Waals surface area contributed by atoms with E-state index in [1.807, 2.05) is 0 Å². The van der Waals surface area contributed by atoms with Gasteiger partial charge in [-0.25, -0.2) is 4.79 Å². The number of cyclic esters (lactones) is 1. The van der Waals surface area contributed by atoms with Crippen LogP contribution in [-0.2, 0) is 47.7 Å². The van der Waals surface area contributed by atoms with Crippen LogP contribution >= 0.6 is 0 Å². The van der Waals surface area contributed by atoms with Crippen LogP contribution in [0, 0.1) is 0 Å². The molecule has 0 saturated heterocycles. The van der Waals surface area contributed by atoms with Crippen molar-refractivity contribution in [1.29, 1.82) is 0 Å². The maximum absolute atomic E-state index is 12.2. The van der Waals surface area contributed by atoms with E-state index in [9.17, 15) is 24.0 Å².